The fraction of sp³-hybridized carbons (Fsp3) is 0.133. The molecule has 6 rings (SSSR count). The van der Waals surface area contributed by atoms with E-state index in [4.69, 9.17) is 14.2 Å². The van der Waals surface area contributed by atoms with E-state index in [2.05, 4.69) is 15.0 Å². The van der Waals surface area contributed by atoms with Crippen LogP contribution in [0.2, 0.25) is 0 Å². The maximum atomic E-state index is 9.89. The van der Waals surface area contributed by atoms with Crippen molar-refractivity contribution < 1.29 is 46.9 Å². The zero-order valence-electron chi connectivity index (χ0n) is 31.7. The number of aliphatic imine (C=N–C) groups is 3. The number of methoxy groups -OCH3 is 3. The number of hydrogen-bond acceptors (Lipinski definition) is 9. The van der Waals surface area contributed by atoms with Gasteiger partial charge in [-0.15, -0.1) is 0 Å². The summed E-state index contributed by atoms with van der Waals surface area (Å²) in [5.41, 5.74) is 8.03. The maximum absolute atomic E-state index is 9.89. The van der Waals surface area contributed by atoms with E-state index in [1.807, 2.05) is 112 Å². The molecule has 282 valence electrons. The number of rotatable bonds is 9. The van der Waals surface area contributed by atoms with Crippen LogP contribution in [0.25, 0.3) is 0 Å². The summed E-state index contributed by atoms with van der Waals surface area (Å²) in [4.78, 5) is 12.9. The minimum atomic E-state index is 0. The van der Waals surface area contributed by atoms with Gasteiger partial charge in [0.15, 0.2) is 34.5 Å². The molecule has 0 aromatic heterocycles. The molecule has 9 nitrogen and oxygen atoms in total. The van der Waals surface area contributed by atoms with Crippen molar-refractivity contribution in [2.24, 2.45) is 15.0 Å². The molecular weight excluding hydrogens is 731 g/mol. The molecule has 0 saturated carbocycles. The van der Waals surface area contributed by atoms with E-state index in [9.17, 15) is 15.3 Å². The Bertz CT molecular complexity index is 1930. The molecule has 55 heavy (non-hydrogen) atoms. The van der Waals surface area contributed by atoms with Gasteiger partial charge >= 0.3 is 0 Å². The number of nitrogens with zero attached hydrogens (tertiary/aromatic N) is 3. The fourth-order valence-electron chi connectivity index (χ4n) is 4.75. The van der Waals surface area contributed by atoms with Crippen LogP contribution in [0.4, 0.5) is 17.1 Å². The van der Waals surface area contributed by atoms with Gasteiger partial charge in [0.05, 0.1) is 38.4 Å². The number of aromatic hydroxyl groups is 3. The summed E-state index contributed by atoms with van der Waals surface area (Å²) >= 11 is 0. The summed E-state index contributed by atoms with van der Waals surface area (Å²) in [5, 5.41) is 29.7. The third-order valence-electron chi connectivity index (χ3n) is 7.91. The van der Waals surface area contributed by atoms with Crippen molar-refractivity contribution in [1.82, 2.24) is 0 Å². The van der Waals surface area contributed by atoms with E-state index in [-0.39, 0.29) is 34.6 Å². The van der Waals surface area contributed by atoms with Crippen LogP contribution < -0.4 is 14.2 Å². The molecule has 6 aromatic carbocycles. The molecule has 6 aromatic rings. The standard InChI is InChI=1S/3C15H15NO2.Cr/c3*1-11-6-8-13(9-7-11)16-10-12-4-3-5-14(18-2)15(12)17;/h3*3-10,17H,1-2H3;. The zero-order chi connectivity index (χ0) is 38.9. The topological polar surface area (TPSA) is 125 Å². The van der Waals surface area contributed by atoms with Gasteiger partial charge in [-0.05, 0) is 93.6 Å². The summed E-state index contributed by atoms with van der Waals surface area (Å²) in [6, 6.07) is 39.5. The number of hydrogen-bond donors (Lipinski definition) is 3. The second-order valence-corrected chi connectivity index (χ2v) is 12.0. The monoisotopic (exact) mass is 775 g/mol. The Balaban J connectivity index is 0.000000220. The van der Waals surface area contributed by atoms with E-state index >= 15 is 0 Å². The van der Waals surface area contributed by atoms with Gasteiger partial charge in [0, 0.05) is 52.7 Å². The van der Waals surface area contributed by atoms with Gasteiger partial charge in [0.1, 0.15) is 0 Å². The number of ether oxygens (including phenoxy) is 3. The first-order valence-corrected chi connectivity index (χ1v) is 17.0. The molecule has 0 heterocycles. The van der Waals surface area contributed by atoms with E-state index in [0.717, 1.165) is 17.1 Å². The van der Waals surface area contributed by atoms with Crippen molar-refractivity contribution in [2.45, 2.75) is 20.8 Å². The third-order valence-corrected chi connectivity index (χ3v) is 7.91. The molecule has 10 heteroatoms. The van der Waals surface area contributed by atoms with Crippen LogP contribution in [0.1, 0.15) is 33.4 Å². The van der Waals surface area contributed by atoms with E-state index in [1.54, 1.807) is 55.0 Å². The van der Waals surface area contributed by atoms with Crippen LogP contribution in [0.3, 0.4) is 0 Å². The zero-order valence-corrected chi connectivity index (χ0v) is 32.9. The van der Waals surface area contributed by atoms with Gasteiger partial charge < -0.3 is 29.5 Å². The van der Waals surface area contributed by atoms with Crippen molar-refractivity contribution in [1.29, 1.82) is 0 Å². The van der Waals surface area contributed by atoms with Crippen molar-refractivity contribution >= 4 is 35.7 Å². The molecule has 0 aliphatic carbocycles. The summed E-state index contributed by atoms with van der Waals surface area (Å²) in [7, 11) is 4.57. The summed E-state index contributed by atoms with van der Waals surface area (Å²) in [5.74, 6) is 1.66. The second-order valence-electron chi connectivity index (χ2n) is 12.0. The van der Waals surface area contributed by atoms with E-state index < -0.39 is 0 Å². The minimum absolute atomic E-state index is 0. The smallest absolute Gasteiger partial charge is 0.166 e. The largest absolute Gasteiger partial charge is 0.504 e. The molecule has 0 spiro atoms. The van der Waals surface area contributed by atoms with E-state index in [0.29, 0.717) is 33.9 Å². The average molecular weight is 776 g/mol. The predicted octanol–water partition coefficient (Wildman–Crippen LogP) is 10.4. The van der Waals surface area contributed by atoms with Gasteiger partial charge in [-0.1, -0.05) is 71.3 Å². The molecule has 0 saturated heterocycles. The SMILES string of the molecule is COc1cccc(C=Nc2ccc(C)cc2)c1O.COc1cccc(C=Nc2ccc(C)cc2)c1O.COc1cccc(C=Nc2ccc(C)cc2)c1O.[Cr]. The molecule has 0 aliphatic rings. The fourth-order valence-corrected chi connectivity index (χ4v) is 4.75. The predicted molar refractivity (Wildman–Crippen MR) is 219 cm³/mol. The molecular formula is C45H45CrN3O6. The third kappa shape index (κ3) is 13.2. The first-order valence-electron chi connectivity index (χ1n) is 17.0. The first-order chi connectivity index (χ1) is 26.1. The average Bonchev–Trinajstić information content (AvgIpc) is 3.19. The molecule has 0 bridgehead atoms. The molecule has 0 atom stereocenters. The van der Waals surface area contributed by atoms with Crippen LogP contribution >= 0.6 is 0 Å². The number of benzene rings is 6. The van der Waals surface area contributed by atoms with Crippen molar-refractivity contribution in [2.75, 3.05) is 21.3 Å². The summed E-state index contributed by atoms with van der Waals surface area (Å²) < 4.78 is 15.1. The van der Waals surface area contributed by atoms with E-state index in [1.165, 1.54) is 38.0 Å². The molecule has 0 amide bonds. The van der Waals surface area contributed by atoms with Gasteiger partial charge in [-0.2, -0.15) is 0 Å². The Kier molecular flexibility index (Phi) is 17.2. The molecule has 0 radical (unpaired) electrons. The molecule has 3 N–H and O–H groups in total. The number of phenols is 3. The Morgan fingerprint density at radius 1 is 0.382 bits per heavy atom. The second kappa shape index (κ2) is 22.0. The van der Waals surface area contributed by atoms with Gasteiger partial charge in [-0.25, -0.2) is 0 Å². The minimum Gasteiger partial charge on any atom is -0.504 e. The molecule has 0 unspecified atom stereocenters. The van der Waals surface area contributed by atoms with Crippen molar-refractivity contribution in [3.63, 3.8) is 0 Å². The van der Waals surface area contributed by atoms with Gasteiger partial charge in [-0.3, -0.25) is 15.0 Å². The van der Waals surface area contributed by atoms with Crippen molar-refractivity contribution in [3.05, 3.63) is 161 Å². The Morgan fingerprint density at radius 2 is 0.618 bits per heavy atom. The quantitative estimate of drug-likeness (QED) is 0.126. The van der Waals surface area contributed by atoms with Crippen LogP contribution in [0.15, 0.2) is 142 Å². The van der Waals surface area contributed by atoms with Gasteiger partial charge in [0.2, 0.25) is 0 Å². The van der Waals surface area contributed by atoms with Crippen LogP contribution in [-0.2, 0) is 17.4 Å². The summed E-state index contributed by atoms with van der Waals surface area (Å²) in [6.45, 7) is 6.09. The molecule has 0 aliphatic heterocycles. The van der Waals surface area contributed by atoms with Crippen LogP contribution in [-0.4, -0.2) is 55.3 Å². The van der Waals surface area contributed by atoms with Crippen molar-refractivity contribution in [3.8, 4) is 34.5 Å². The maximum Gasteiger partial charge on any atom is 0.166 e. The Morgan fingerprint density at radius 3 is 0.836 bits per heavy atom. The number of aryl methyl sites for hydroxylation is 3. The number of phenolic OH excluding ortho intramolecular Hbond substituents is 3. The molecule has 0 fully saturated rings. The van der Waals surface area contributed by atoms with Crippen LogP contribution in [0.5, 0.6) is 34.5 Å². The van der Waals surface area contributed by atoms with Gasteiger partial charge in [0.25, 0.3) is 0 Å². The Labute approximate surface area is 333 Å². The Hall–Kier alpha value is -6.34. The summed E-state index contributed by atoms with van der Waals surface area (Å²) in [6.07, 6.45) is 4.88. The van der Waals surface area contributed by atoms with Crippen LogP contribution in [0, 0.1) is 20.8 Å². The number of para-hydroxylation sites is 3. The normalized spacial score (nSPS) is 10.6. The first kappa shape index (κ1) is 43.1.